The number of amides is 2. The lowest BCUT2D eigenvalue weighted by atomic mass is 9.80. The van der Waals surface area contributed by atoms with Gasteiger partial charge in [-0.25, -0.2) is 4.79 Å². The number of hydrogen-bond donors (Lipinski definition) is 1. The fourth-order valence-corrected chi connectivity index (χ4v) is 4.22. The van der Waals surface area contributed by atoms with Gasteiger partial charge in [0.15, 0.2) is 0 Å². The Morgan fingerprint density at radius 3 is 2.46 bits per heavy atom. The van der Waals surface area contributed by atoms with E-state index in [9.17, 15) is 22.4 Å². The van der Waals surface area contributed by atoms with Gasteiger partial charge in [-0.2, -0.15) is 17.6 Å². The molecule has 1 aromatic heterocycles. The molecule has 6 nitrogen and oxygen atoms in total. The zero-order chi connectivity index (χ0) is 26.5. The van der Waals surface area contributed by atoms with Gasteiger partial charge >= 0.3 is 18.6 Å². The second-order valence-electron chi connectivity index (χ2n) is 8.45. The van der Waals surface area contributed by atoms with E-state index in [0.29, 0.717) is 42.6 Å². The molecule has 37 heavy (non-hydrogen) atoms. The average molecular weight is 538 g/mol. The molecule has 2 aromatic carbocycles. The Bertz CT molecular complexity index is 1200. The number of nitrogens with one attached hydrogen (secondary N) is 1. The number of pyridine rings is 1. The smallest absolute Gasteiger partial charge is 0.428 e. The van der Waals surface area contributed by atoms with E-state index in [0.717, 1.165) is 11.6 Å². The van der Waals surface area contributed by atoms with Crippen molar-refractivity contribution in [3.63, 3.8) is 0 Å². The van der Waals surface area contributed by atoms with Crippen LogP contribution in [0.3, 0.4) is 0 Å². The van der Waals surface area contributed by atoms with Gasteiger partial charge in [-0.1, -0.05) is 54.1 Å². The Kier molecular flexibility index (Phi) is 8.19. The highest BCUT2D eigenvalue weighted by atomic mass is 35.5. The number of alkyl halides is 4. The maximum absolute atomic E-state index is 13.7. The van der Waals surface area contributed by atoms with Crippen LogP contribution in [-0.4, -0.2) is 54.8 Å². The Labute approximate surface area is 216 Å². The number of carbonyl (C=O) groups excluding carboxylic acids is 1. The van der Waals surface area contributed by atoms with Gasteiger partial charge in [0.2, 0.25) is 0 Å². The molecule has 11 heteroatoms. The predicted octanol–water partition coefficient (Wildman–Crippen LogP) is 5.50. The van der Waals surface area contributed by atoms with Crippen molar-refractivity contribution in [2.45, 2.75) is 24.5 Å². The third-order valence-electron chi connectivity index (χ3n) is 5.93. The summed E-state index contributed by atoms with van der Waals surface area (Å²) in [5, 5.41) is 3.40. The molecule has 0 aliphatic carbocycles. The summed E-state index contributed by atoms with van der Waals surface area (Å²) >= 11 is 6.08. The van der Waals surface area contributed by atoms with Gasteiger partial charge in [0.05, 0.1) is 23.9 Å². The number of carbonyl (C=O) groups is 1. The third-order valence-corrected chi connectivity index (χ3v) is 6.15. The average Bonchev–Trinajstić information content (AvgIpc) is 2.89. The summed E-state index contributed by atoms with van der Waals surface area (Å²) in [6, 6.07) is 17.3. The summed E-state index contributed by atoms with van der Waals surface area (Å²) in [5.74, 6) is -0.491. The summed E-state index contributed by atoms with van der Waals surface area (Å²) < 4.78 is 62.8. The molecule has 1 fully saturated rings. The van der Waals surface area contributed by atoms with Gasteiger partial charge in [0.1, 0.15) is 11.3 Å². The number of benzene rings is 2. The minimum atomic E-state index is -4.70. The second kappa shape index (κ2) is 11.4. The van der Waals surface area contributed by atoms with Gasteiger partial charge < -0.3 is 19.7 Å². The summed E-state index contributed by atoms with van der Waals surface area (Å²) in [6.45, 7) is 1.44. The van der Waals surface area contributed by atoms with E-state index < -0.39 is 29.9 Å². The number of aromatic nitrogens is 1. The van der Waals surface area contributed by atoms with Gasteiger partial charge in [0.25, 0.3) is 0 Å². The fraction of sp³-hybridized carbons (Fsp3) is 0.308. The van der Waals surface area contributed by atoms with Crippen LogP contribution in [0.2, 0.25) is 5.02 Å². The van der Waals surface area contributed by atoms with Crippen molar-refractivity contribution in [1.82, 2.24) is 15.2 Å². The molecule has 4 rings (SSSR count). The van der Waals surface area contributed by atoms with Crippen LogP contribution in [0.25, 0.3) is 0 Å². The maximum atomic E-state index is 13.7. The van der Waals surface area contributed by atoms with Gasteiger partial charge in [-0.3, -0.25) is 4.98 Å². The molecule has 0 bridgehead atoms. The van der Waals surface area contributed by atoms with Crippen molar-refractivity contribution >= 4 is 17.6 Å². The zero-order valence-electron chi connectivity index (χ0n) is 19.6. The minimum absolute atomic E-state index is 0.160. The number of ether oxygens (including phenoxy) is 2. The van der Waals surface area contributed by atoms with E-state index in [1.807, 2.05) is 30.3 Å². The number of hydrogen-bond acceptors (Lipinski definition) is 4. The van der Waals surface area contributed by atoms with Crippen LogP contribution in [0.1, 0.15) is 16.8 Å². The number of rotatable bonds is 8. The van der Waals surface area contributed by atoms with E-state index in [1.54, 1.807) is 23.1 Å². The largest absolute Gasteiger partial charge is 0.461 e. The van der Waals surface area contributed by atoms with Gasteiger partial charge in [-0.15, -0.1) is 0 Å². The summed E-state index contributed by atoms with van der Waals surface area (Å²) in [4.78, 5) is 19.5. The van der Waals surface area contributed by atoms with Crippen LogP contribution in [0.15, 0.2) is 72.9 Å². The molecule has 0 spiro atoms. The molecule has 196 valence electrons. The molecule has 0 saturated carbocycles. The van der Waals surface area contributed by atoms with E-state index in [-0.39, 0.29) is 6.42 Å². The molecule has 3 aromatic rings. The Hall–Kier alpha value is -3.37. The molecule has 1 aliphatic rings. The van der Waals surface area contributed by atoms with E-state index in [2.05, 4.69) is 15.0 Å². The lowest BCUT2D eigenvalue weighted by Gasteiger charge is -2.38. The molecule has 1 aliphatic heterocycles. The topological polar surface area (TPSA) is 63.7 Å². The molecule has 0 radical (unpaired) electrons. The molecule has 1 N–H and O–H groups in total. The van der Waals surface area contributed by atoms with Crippen LogP contribution in [0.5, 0.6) is 5.75 Å². The first kappa shape index (κ1) is 26.7. The second-order valence-corrected chi connectivity index (χ2v) is 8.89. The number of halogens is 5. The van der Waals surface area contributed by atoms with E-state index in [1.165, 1.54) is 18.3 Å². The fourth-order valence-electron chi connectivity index (χ4n) is 4.11. The van der Waals surface area contributed by atoms with Crippen LogP contribution in [0, 0.1) is 0 Å². The van der Waals surface area contributed by atoms with Crippen LogP contribution in [0.4, 0.5) is 22.4 Å². The van der Waals surface area contributed by atoms with E-state index in [4.69, 9.17) is 16.3 Å². The highest BCUT2D eigenvalue weighted by Gasteiger charge is 2.45. The summed E-state index contributed by atoms with van der Waals surface area (Å²) in [7, 11) is 0. The standard InChI is InChI=1S/C26H24ClF4N3O3/c27-20-9-10-22(32-17-20)25(16-18-5-2-1-3-6-18,33-24(35)34-11-13-36-14-12-34)19-7-4-8-21(15-19)37-26(30,31)23(28)29/h1-10,15,17,23H,11-14,16H2,(H,33,35)/t25-/m0/s1. The quantitative estimate of drug-likeness (QED) is 0.385. The lowest BCUT2D eigenvalue weighted by molar-refractivity contribution is -0.253. The Morgan fingerprint density at radius 1 is 1.08 bits per heavy atom. The molecule has 1 saturated heterocycles. The van der Waals surface area contributed by atoms with Gasteiger partial charge in [0, 0.05) is 25.7 Å². The molecule has 1 atom stereocenters. The Morgan fingerprint density at radius 2 is 1.81 bits per heavy atom. The summed E-state index contributed by atoms with van der Waals surface area (Å²) in [6.07, 6.45) is -7.16. The van der Waals surface area contributed by atoms with Crippen molar-refractivity contribution in [3.8, 4) is 5.75 Å². The minimum Gasteiger partial charge on any atom is -0.428 e. The Balaban J connectivity index is 1.85. The zero-order valence-corrected chi connectivity index (χ0v) is 20.3. The summed E-state index contributed by atoms with van der Waals surface area (Å²) in [5.41, 5.74) is 0.0575. The molecule has 2 heterocycles. The first-order valence-corrected chi connectivity index (χ1v) is 11.8. The highest BCUT2D eigenvalue weighted by molar-refractivity contribution is 6.30. The van der Waals surface area contributed by atoms with Crippen molar-refractivity contribution in [2.75, 3.05) is 26.3 Å². The van der Waals surface area contributed by atoms with Crippen LogP contribution in [-0.2, 0) is 16.7 Å². The molecule has 2 amide bonds. The van der Waals surface area contributed by atoms with Crippen LogP contribution >= 0.6 is 11.6 Å². The van der Waals surface area contributed by atoms with Crippen molar-refractivity contribution in [3.05, 3.63) is 94.8 Å². The lowest BCUT2D eigenvalue weighted by Crippen LogP contribution is -2.55. The van der Waals surface area contributed by atoms with Crippen LogP contribution < -0.4 is 10.1 Å². The predicted molar refractivity (Wildman–Crippen MR) is 129 cm³/mol. The first-order valence-electron chi connectivity index (χ1n) is 11.5. The number of urea groups is 1. The maximum Gasteiger partial charge on any atom is 0.461 e. The molecular weight excluding hydrogens is 514 g/mol. The number of nitrogens with zero attached hydrogens (tertiary/aromatic N) is 2. The van der Waals surface area contributed by atoms with Gasteiger partial charge in [-0.05, 0) is 35.4 Å². The van der Waals surface area contributed by atoms with Crippen molar-refractivity contribution < 1.29 is 31.8 Å². The molecule has 0 unspecified atom stereocenters. The van der Waals surface area contributed by atoms with E-state index >= 15 is 0 Å². The third kappa shape index (κ3) is 6.31. The highest BCUT2D eigenvalue weighted by Crippen LogP contribution is 2.36. The monoisotopic (exact) mass is 537 g/mol. The first-order chi connectivity index (χ1) is 17.7. The van der Waals surface area contributed by atoms with Crippen molar-refractivity contribution in [2.24, 2.45) is 0 Å². The van der Waals surface area contributed by atoms with Crippen molar-refractivity contribution in [1.29, 1.82) is 0 Å². The SMILES string of the molecule is O=C(N[C@@](Cc1ccccc1)(c1cccc(OC(F)(F)C(F)F)c1)c1ccc(Cl)cn1)N1CCOCC1. The number of morpholine rings is 1. The molecular formula is C26H24ClF4N3O3. The normalized spacial score (nSPS) is 15.8.